The third-order valence-corrected chi connectivity index (χ3v) is 12.6. The molecule has 33 heavy (non-hydrogen) atoms. The molecule has 1 heterocycles. The Morgan fingerprint density at radius 3 is 2.18 bits per heavy atom. The molecule has 1 amide bonds. The fraction of sp³-hybridized carbons (Fsp3) is 0.769. The van der Waals surface area contributed by atoms with E-state index in [0.29, 0.717) is 5.57 Å². The molecule has 1 saturated carbocycles. The average Bonchev–Trinajstić information content (AvgIpc) is 2.98. The van der Waals surface area contributed by atoms with Gasteiger partial charge in [-0.2, -0.15) is 0 Å². The van der Waals surface area contributed by atoms with Crippen LogP contribution in [0, 0.1) is 17.4 Å². The van der Waals surface area contributed by atoms with Crippen LogP contribution in [0.15, 0.2) is 11.6 Å². The Kier molecular flexibility index (Phi) is 8.52. The second-order valence-corrected chi connectivity index (χ2v) is 21.9. The number of hydrogen-bond acceptors (Lipinski definition) is 4. The Labute approximate surface area is 203 Å². The largest absolute Gasteiger partial charge is 0.447 e. The molecule has 7 heteroatoms. The molecule has 0 radical (unpaired) electrons. The summed E-state index contributed by atoms with van der Waals surface area (Å²) in [5.41, 5.74) is 2.66. The lowest BCUT2D eigenvalue weighted by molar-refractivity contribution is -0.159. The first-order chi connectivity index (χ1) is 15.0. The molecule has 1 N–H and O–H groups in total. The molecular formula is C26H45NO4Si2. The summed E-state index contributed by atoms with van der Waals surface area (Å²) in [4.78, 5) is 26.5. The summed E-state index contributed by atoms with van der Waals surface area (Å²) in [7, 11) is -3.85. The summed E-state index contributed by atoms with van der Waals surface area (Å²) in [6.07, 6.45) is 5.93. The zero-order chi connectivity index (χ0) is 25.2. The number of hydrogen-bond donors (Lipinski definition) is 1. The lowest BCUT2D eigenvalue weighted by Crippen LogP contribution is -2.66. The first kappa shape index (κ1) is 27.9. The first-order valence-electron chi connectivity index (χ1n) is 12.4. The van der Waals surface area contributed by atoms with Crippen LogP contribution < -0.4 is 5.32 Å². The molecule has 0 unspecified atom stereocenters. The number of rotatable bonds is 6. The van der Waals surface area contributed by atoms with Crippen LogP contribution in [-0.2, 0) is 18.8 Å². The maximum atomic E-state index is 13.9. The fourth-order valence-electron chi connectivity index (χ4n) is 4.33. The van der Waals surface area contributed by atoms with Gasteiger partial charge in [-0.1, -0.05) is 65.6 Å². The standard InChI is InChI=1S/C26H45NO4Si2/c1-19-18-22(28)27-26(19,24(29)30-20(2)16-17-32(6,7)8)23(21-14-12-11-13-15-21)31-33(9,10)25(3,4)5/h18,20-21,23H,11-15H2,1-10H3,(H,27,28)/t20-,23-,26-/m0/s1. The van der Waals surface area contributed by atoms with Crippen molar-refractivity contribution >= 4 is 28.3 Å². The van der Waals surface area contributed by atoms with Gasteiger partial charge in [0.15, 0.2) is 20.0 Å². The van der Waals surface area contributed by atoms with E-state index in [0.717, 1.165) is 25.7 Å². The van der Waals surface area contributed by atoms with Crippen molar-refractivity contribution in [1.29, 1.82) is 0 Å². The maximum Gasteiger partial charge on any atom is 0.340 e. The van der Waals surface area contributed by atoms with E-state index >= 15 is 0 Å². The maximum absolute atomic E-state index is 13.9. The molecule has 2 rings (SSSR count). The van der Waals surface area contributed by atoms with E-state index < -0.39 is 40.1 Å². The highest BCUT2D eigenvalue weighted by Gasteiger charge is 2.58. The molecule has 0 aromatic heterocycles. The summed E-state index contributed by atoms with van der Waals surface area (Å²) in [5, 5.41) is 2.99. The van der Waals surface area contributed by atoms with Gasteiger partial charge in [0, 0.05) is 6.08 Å². The smallest absolute Gasteiger partial charge is 0.340 e. The Morgan fingerprint density at radius 1 is 1.15 bits per heavy atom. The molecule has 1 aliphatic heterocycles. The van der Waals surface area contributed by atoms with Crippen LogP contribution in [0.4, 0.5) is 0 Å². The van der Waals surface area contributed by atoms with Gasteiger partial charge in [0.2, 0.25) is 5.91 Å². The number of ether oxygens (including phenoxy) is 1. The summed E-state index contributed by atoms with van der Waals surface area (Å²) in [5.74, 6) is 2.59. The van der Waals surface area contributed by atoms with E-state index in [4.69, 9.17) is 9.16 Å². The number of amides is 1. The lowest BCUT2D eigenvalue weighted by Gasteiger charge is -2.48. The average molecular weight is 492 g/mol. The topological polar surface area (TPSA) is 64.6 Å². The normalized spacial score (nSPS) is 24.3. The highest BCUT2D eigenvalue weighted by atomic mass is 28.4. The van der Waals surface area contributed by atoms with Gasteiger partial charge in [0.1, 0.15) is 8.07 Å². The second kappa shape index (κ2) is 10.1. The zero-order valence-electron chi connectivity index (χ0n) is 22.5. The minimum Gasteiger partial charge on any atom is -0.447 e. The molecule has 0 spiro atoms. The fourth-order valence-corrected chi connectivity index (χ4v) is 6.33. The van der Waals surface area contributed by atoms with Crippen molar-refractivity contribution in [1.82, 2.24) is 5.32 Å². The van der Waals surface area contributed by atoms with Gasteiger partial charge in [0.25, 0.3) is 0 Å². The molecule has 186 valence electrons. The van der Waals surface area contributed by atoms with Crippen LogP contribution in [0.2, 0.25) is 37.8 Å². The van der Waals surface area contributed by atoms with Crippen LogP contribution >= 0.6 is 0 Å². The molecule has 3 atom stereocenters. The van der Waals surface area contributed by atoms with Crippen LogP contribution in [0.25, 0.3) is 0 Å². The van der Waals surface area contributed by atoms with E-state index in [9.17, 15) is 9.59 Å². The molecule has 0 aromatic carbocycles. The van der Waals surface area contributed by atoms with Crippen molar-refractivity contribution in [3.63, 3.8) is 0 Å². The third-order valence-electron chi connectivity index (χ3n) is 7.28. The Morgan fingerprint density at radius 2 is 1.73 bits per heavy atom. The van der Waals surface area contributed by atoms with Crippen molar-refractivity contribution in [2.45, 2.75) is 122 Å². The van der Waals surface area contributed by atoms with Gasteiger partial charge in [0.05, 0.1) is 6.10 Å². The molecule has 0 bridgehead atoms. The van der Waals surface area contributed by atoms with Gasteiger partial charge in [-0.15, -0.1) is 5.54 Å². The predicted molar refractivity (Wildman–Crippen MR) is 140 cm³/mol. The Bertz CT molecular complexity index is 835. The number of carbonyl (C=O) groups is 2. The van der Waals surface area contributed by atoms with Crippen LogP contribution in [-0.4, -0.2) is 46.0 Å². The quantitative estimate of drug-likeness (QED) is 0.299. The molecule has 5 nitrogen and oxygen atoms in total. The monoisotopic (exact) mass is 491 g/mol. The zero-order valence-corrected chi connectivity index (χ0v) is 24.5. The molecule has 1 fully saturated rings. The first-order valence-corrected chi connectivity index (χ1v) is 18.8. The molecular weight excluding hydrogens is 446 g/mol. The Balaban J connectivity index is 2.51. The summed E-state index contributed by atoms with van der Waals surface area (Å²) in [6, 6.07) is 0. The van der Waals surface area contributed by atoms with Gasteiger partial charge in [-0.25, -0.2) is 4.79 Å². The minimum absolute atomic E-state index is 0.0264. The van der Waals surface area contributed by atoms with E-state index in [2.05, 4.69) is 70.3 Å². The SMILES string of the molecule is CC1=CC(=O)N[C@]1(C(=O)O[C@@H](C)C#C[Si](C)(C)C)[C@@H](O[Si](C)(C)C(C)(C)C)C1CCCCC1. The van der Waals surface area contributed by atoms with Crippen molar-refractivity contribution in [3.8, 4) is 11.5 Å². The summed E-state index contributed by atoms with van der Waals surface area (Å²) < 4.78 is 12.9. The van der Waals surface area contributed by atoms with Gasteiger partial charge < -0.3 is 14.5 Å². The van der Waals surface area contributed by atoms with E-state index in [-0.39, 0.29) is 16.9 Å². The molecule has 1 aliphatic carbocycles. The molecule has 0 aromatic rings. The number of esters is 1. The second-order valence-electron chi connectivity index (χ2n) is 12.4. The van der Waals surface area contributed by atoms with Gasteiger partial charge in [-0.3, -0.25) is 4.79 Å². The highest BCUT2D eigenvalue weighted by Crippen LogP contribution is 2.45. The molecule has 0 saturated heterocycles. The van der Waals surface area contributed by atoms with Crippen LogP contribution in [0.1, 0.15) is 66.7 Å². The van der Waals surface area contributed by atoms with E-state index in [1.54, 1.807) is 6.92 Å². The number of nitrogens with one attached hydrogen (secondary N) is 1. The van der Waals surface area contributed by atoms with E-state index in [1.165, 1.54) is 12.5 Å². The Hall–Kier alpha value is -1.37. The van der Waals surface area contributed by atoms with Crippen molar-refractivity contribution in [2.24, 2.45) is 5.92 Å². The van der Waals surface area contributed by atoms with Crippen molar-refractivity contribution < 1.29 is 18.8 Å². The molecule has 2 aliphatic rings. The van der Waals surface area contributed by atoms with Gasteiger partial charge in [-0.05, 0) is 56.3 Å². The van der Waals surface area contributed by atoms with Crippen molar-refractivity contribution in [3.05, 3.63) is 11.6 Å². The number of carbonyl (C=O) groups excluding carboxylic acids is 2. The van der Waals surface area contributed by atoms with Crippen LogP contribution in [0.3, 0.4) is 0 Å². The van der Waals surface area contributed by atoms with Crippen molar-refractivity contribution in [2.75, 3.05) is 0 Å². The van der Waals surface area contributed by atoms with Gasteiger partial charge >= 0.3 is 5.97 Å². The third kappa shape index (κ3) is 6.61. The lowest BCUT2D eigenvalue weighted by atomic mass is 9.74. The summed E-state index contributed by atoms with van der Waals surface area (Å²) in [6.45, 7) is 21.1. The predicted octanol–water partition coefficient (Wildman–Crippen LogP) is 5.58. The van der Waals surface area contributed by atoms with Crippen LogP contribution in [0.5, 0.6) is 0 Å². The highest BCUT2D eigenvalue weighted by molar-refractivity contribution is 6.83. The van der Waals surface area contributed by atoms with E-state index in [1.807, 2.05) is 6.92 Å². The minimum atomic E-state index is -2.25. The summed E-state index contributed by atoms with van der Waals surface area (Å²) >= 11 is 0.